The molecule has 0 rings (SSSR count). The van der Waals surface area contributed by atoms with Gasteiger partial charge >= 0.3 is 5.97 Å². The molecule has 0 spiro atoms. The Balaban J connectivity index is 3.91. The van der Waals surface area contributed by atoms with E-state index in [-0.39, 0.29) is 24.3 Å². The monoisotopic (exact) mass is 215 g/mol. The summed E-state index contributed by atoms with van der Waals surface area (Å²) in [5, 5.41) is 2.82. The molecule has 0 saturated heterocycles. The van der Waals surface area contributed by atoms with Gasteiger partial charge in [-0.25, -0.2) is 0 Å². The molecule has 0 saturated carbocycles. The number of rotatable bonds is 7. The van der Waals surface area contributed by atoms with Gasteiger partial charge in [0.25, 0.3) is 0 Å². The van der Waals surface area contributed by atoms with Crippen molar-refractivity contribution < 1.29 is 14.3 Å². The van der Waals surface area contributed by atoms with Crippen LogP contribution in [0, 0.1) is 0 Å². The number of nitrogens with one attached hydrogen (secondary N) is 1. The van der Waals surface area contributed by atoms with Gasteiger partial charge in [-0.3, -0.25) is 9.59 Å². The normalized spacial score (nSPS) is 11.9. The largest absolute Gasteiger partial charge is 0.466 e. The molecule has 1 atom stereocenters. The smallest absolute Gasteiger partial charge is 0.307 e. The van der Waals surface area contributed by atoms with Crippen molar-refractivity contribution >= 4 is 11.9 Å². The molecule has 0 bridgehead atoms. The highest BCUT2D eigenvalue weighted by Crippen LogP contribution is 2.01. The Labute approximate surface area is 91.4 Å². The molecule has 1 amide bonds. The van der Waals surface area contributed by atoms with E-state index in [2.05, 4.69) is 5.32 Å². The van der Waals surface area contributed by atoms with Crippen LogP contribution in [0.4, 0.5) is 0 Å². The molecule has 4 heteroatoms. The van der Waals surface area contributed by atoms with Crippen molar-refractivity contribution in [3.63, 3.8) is 0 Å². The minimum Gasteiger partial charge on any atom is -0.466 e. The van der Waals surface area contributed by atoms with Gasteiger partial charge in [0.15, 0.2) is 0 Å². The van der Waals surface area contributed by atoms with Crippen LogP contribution in [-0.4, -0.2) is 24.5 Å². The number of ether oxygens (including phenoxy) is 1. The maximum absolute atomic E-state index is 11.3. The second-order valence-electron chi connectivity index (χ2n) is 3.43. The topological polar surface area (TPSA) is 55.4 Å². The second-order valence-corrected chi connectivity index (χ2v) is 3.43. The lowest BCUT2D eigenvalue weighted by Crippen LogP contribution is -2.36. The SMILES string of the molecule is CCCC(=O)N[C@H](CC)CC(=O)OCC. The number of hydrogen-bond donors (Lipinski definition) is 1. The maximum Gasteiger partial charge on any atom is 0.307 e. The Kier molecular flexibility index (Phi) is 7.68. The molecule has 0 aliphatic carbocycles. The molecular weight excluding hydrogens is 194 g/mol. The van der Waals surface area contributed by atoms with E-state index < -0.39 is 0 Å². The second kappa shape index (κ2) is 8.26. The van der Waals surface area contributed by atoms with E-state index in [1.165, 1.54) is 0 Å². The van der Waals surface area contributed by atoms with Crippen molar-refractivity contribution in [2.45, 2.75) is 52.5 Å². The van der Waals surface area contributed by atoms with E-state index in [9.17, 15) is 9.59 Å². The van der Waals surface area contributed by atoms with Crippen molar-refractivity contribution in [1.82, 2.24) is 5.32 Å². The van der Waals surface area contributed by atoms with Crippen LogP contribution in [-0.2, 0) is 14.3 Å². The standard InChI is InChI=1S/C11H21NO3/c1-4-7-10(13)12-9(5-2)8-11(14)15-6-3/h9H,4-8H2,1-3H3,(H,12,13)/t9-/m1/s1. The molecule has 0 aliphatic rings. The molecule has 0 heterocycles. The minimum atomic E-state index is -0.249. The molecule has 0 aromatic heterocycles. The van der Waals surface area contributed by atoms with Crippen LogP contribution in [0.15, 0.2) is 0 Å². The van der Waals surface area contributed by atoms with Gasteiger partial charge in [0.05, 0.1) is 13.0 Å². The van der Waals surface area contributed by atoms with Crippen molar-refractivity contribution in [2.75, 3.05) is 6.61 Å². The third kappa shape index (κ3) is 6.94. The molecule has 15 heavy (non-hydrogen) atoms. The predicted octanol–water partition coefficient (Wildman–Crippen LogP) is 1.63. The quantitative estimate of drug-likeness (QED) is 0.657. The Hall–Kier alpha value is -1.06. The molecule has 0 fully saturated rings. The fraction of sp³-hybridized carbons (Fsp3) is 0.818. The summed E-state index contributed by atoms with van der Waals surface area (Å²) in [6.07, 6.45) is 2.34. The first-order valence-electron chi connectivity index (χ1n) is 5.58. The average Bonchev–Trinajstić information content (AvgIpc) is 2.17. The Morgan fingerprint density at radius 2 is 1.93 bits per heavy atom. The van der Waals surface area contributed by atoms with Crippen LogP contribution in [0.3, 0.4) is 0 Å². The lowest BCUT2D eigenvalue weighted by molar-refractivity contribution is -0.143. The highest BCUT2D eigenvalue weighted by atomic mass is 16.5. The summed E-state index contributed by atoms with van der Waals surface area (Å²) in [5.74, 6) is -0.241. The summed E-state index contributed by atoms with van der Waals surface area (Å²) >= 11 is 0. The first kappa shape index (κ1) is 13.9. The van der Waals surface area contributed by atoms with Gasteiger partial charge in [-0.1, -0.05) is 13.8 Å². The van der Waals surface area contributed by atoms with E-state index in [1.54, 1.807) is 6.92 Å². The number of esters is 1. The van der Waals surface area contributed by atoms with Crippen molar-refractivity contribution in [3.05, 3.63) is 0 Å². The summed E-state index contributed by atoms with van der Waals surface area (Å²) in [6, 6.07) is -0.0944. The molecule has 0 aromatic carbocycles. The molecule has 1 N–H and O–H groups in total. The minimum absolute atomic E-state index is 0.00801. The van der Waals surface area contributed by atoms with Gasteiger partial charge in [0.2, 0.25) is 5.91 Å². The summed E-state index contributed by atoms with van der Waals surface area (Å²) in [7, 11) is 0. The lowest BCUT2D eigenvalue weighted by atomic mass is 10.1. The molecule has 88 valence electrons. The van der Waals surface area contributed by atoms with Crippen LogP contribution < -0.4 is 5.32 Å². The van der Waals surface area contributed by atoms with Crippen molar-refractivity contribution in [2.24, 2.45) is 0 Å². The van der Waals surface area contributed by atoms with Gasteiger partial charge in [-0.05, 0) is 19.8 Å². The zero-order valence-electron chi connectivity index (χ0n) is 9.84. The van der Waals surface area contributed by atoms with Crippen LogP contribution in [0.1, 0.15) is 46.5 Å². The van der Waals surface area contributed by atoms with Crippen LogP contribution in [0.25, 0.3) is 0 Å². The predicted molar refractivity (Wildman–Crippen MR) is 58.4 cm³/mol. The fourth-order valence-corrected chi connectivity index (χ4v) is 1.25. The summed E-state index contributed by atoms with van der Waals surface area (Å²) in [6.45, 7) is 6.05. The van der Waals surface area contributed by atoms with E-state index in [0.29, 0.717) is 13.0 Å². The van der Waals surface area contributed by atoms with Crippen molar-refractivity contribution in [1.29, 1.82) is 0 Å². The molecule has 0 aromatic rings. The zero-order chi connectivity index (χ0) is 11.7. The summed E-state index contributed by atoms with van der Waals surface area (Å²) < 4.78 is 4.83. The third-order valence-electron chi connectivity index (χ3n) is 2.05. The Morgan fingerprint density at radius 1 is 1.27 bits per heavy atom. The van der Waals surface area contributed by atoms with Gasteiger partial charge in [-0.15, -0.1) is 0 Å². The van der Waals surface area contributed by atoms with Gasteiger partial charge in [0, 0.05) is 12.5 Å². The van der Waals surface area contributed by atoms with E-state index >= 15 is 0 Å². The van der Waals surface area contributed by atoms with E-state index in [0.717, 1.165) is 12.8 Å². The molecular formula is C11H21NO3. The van der Waals surface area contributed by atoms with Crippen LogP contribution >= 0.6 is 0 Å². The summed E-state index contributed by atoms with van der Waals surface area (Å²) in [4.78, 5) is 22.5. The van der Waals surface area contributed by atoms with E-state index in [1.807, 2.05) is 13.8 Å². The molecule has 4 nitrogen and oxygen atoms in total. The highest BCUT2D eigenvalue weighted by molar-refractivity contribution is 5.77. The number of carbonyl (C=O) groups is 2. The van der Waals surface area contributed by atoms with Crippen LogP contribution in [0.5, 0.6) is 0 Å². The van der Waals surface area contributed by atoms with Crippen LogP contribution in [0.2, 0.25) is 0 Å². The van der Waals surface area contributed by atoms with E-state index in [4.69, 9.17) is 4.74 Å². The number of hydrogen-bond acceptors (Lipinski definition) is 3. The maximum atomic E-state index is 11.3. The average molecular weight is 215 g/mol. The molecule has 0 unspecified atom stereocenters. The first-order valence-corrected chi connectivity index (χ1v) is 5.58. The zero-order valence-corrected chi connectivity index (χ0v) is 9.84. The molecule has 0 radical (unpaired) electrons. The third-order valence-corrected chi connectivity index (χ3v) is 2.05. The number of amides is 1. The lowest BCUT2D eigenvalue weighted by Gasteiger charge is -2.15. The highest BCUT2D eigenvalue weighted by Gasteiger charge is 2.14. The van der Waals surface area contributed by atoms with Gasteiger partial charge in [-0.2, -0.15) is 0 Å². The number of carbonyl (C=O) groups excluding carboxylic acids is 2. The van der Waals surface area contributed by atoms with Crippen molar-refractivity contribution in [3.8, 4) is 0 Å². The summed E-state index contributed by atoms with van der Waals surface area (Å²) in [5.41, 5.74) is 0. The van der Waals surface area contributed by atoms with Gasteiger partial charge in [0.1, 0.15) is 0 Å². The Bertz CT molecular complexity index is 184. The molecule has 0 aliphatic heterocycles. The fourth-order valence-electron chi connectivity index (χ4n) is 1.25. The first-order chi connectivity index (χ1) is 7.13. The Morgan fingerprint density at radius 3 is 2.40 bits per heavy atom. The van der Waals surface area contributed by atoms with Gasteiger partial charge < -0.3 is 10.1 Å².